The normalized spacial score (nSPS) is 16.4. The Morgan fingerprint density at radius 2 is 1.97 bits per heavy atom. The molecule has 2 aromatic carbocycles. The van der Waals surface area contributed by atoms with Crippen LogP contribution in [0.3, 0.4) is 0 Å². The van der Waals surface area contributed by atoms with Crippen LogP contribution < -0.4 is 4.74 Å². The van der Waals surface area contributed by atoms with Crippen molar-refractivity contribution in [2.45, 2.75) is 17.9 Å². The number of nitrogens with zero attached hydrogens (tertiary/aromatic N) is 3. The van der Waals surface area contributed by atoms with E-state index in [0.717, 1.165) is 43.3 Å². The van der Waals surface area contributed by atoms with Gasteiger partial charge in [-0.25, -0.2) is 0 Å². The van der Waals surface area contributed by atoms with Gasteiger partial charge < -0.3 is 9.64 Å². The van der Waals surface area contributed by atoms with E-state index in [-0.39, 0.29) is 17.2 Å². The van der Waals surface area contributed by atoms with Crippen LogP contribution in [0.2, 0.25) is 0 Å². The van der Waals surface area contributed by atoms with E-state index in [9.17, 15) is 14.9 Å². The molecule has 152 valence electrons. The topological polar surface area (TPSA) is 75.9 Å². The number of thioether (sulfide) groups is 1. The molecule has 0 unspecified atom stereocenters. The van der Waals surface area contributed by atoms with Crippen molar-refractivity contribution in [1.82, 2.24) is 9.80 Å². The molecule has 0 bridgehead atoms. The quantitative estimate of drug-likeness (QED) is 0.426. The monoisotopic (exact) mass is 413 g/mol. The molecular formula is C21H23N3O4S. The Bertz CT molecular complexity index is 942. The molecule has 4 rings (SSSR count). The minimum absolute atomic E-state index is 0.129. The zero-order valence-corrected chi connectivity index (χ0v) is 17.1. The van der Waals surface area contributed by atoms with Crippen LogP contribution in [-0.2, 0) is 13.0 Å². The number of carbonyl (C=O) groups is 1. The Morgan fingerprint density at radius 3 is 2.69 bits per heavy atom. The summed E-state index contributed by atoms with van der Waals surface area (Å²) >= 11 is 1.47. The standard InChI is InChI=1S/C21H23N3O4S/c1-29-17-3-4-19(24(26)27)18(13-17)21(25)23-9-7-22(8-10-23)14-15-2-5-20-16(12-15)6-11-28-20/h2-5,12-13H,6-11,14H2,1H3. The van der Waals surface area contributed by atoms with Crippen molar-refractivity contribution in [3.63, 3.8) is 0 Å². The summed E-state index contributed by atoms with van der Waals surface area (Å²) in [5, 5.41) is 11.4. The number of piperazine rings is 1. The lowest BCUT2D eigenvalue weighted by Gasteiger charge is -2.34. The van der Waals surface area contributed by atoms with E-state index >= 15 is 0 Å². The number of nitro benzene ring substituents is 1. The number of hydrogen-bond donors (Lipinski definition) is 0. The Morgan fingerprint density at radius 1 is 1.17 bits per heavy atom. The van der Waals surface area contributed by atoms with Crippen LogP contribution in [0.1, 0.15) is 21.5 Å². The second-order valence-corrected chi connectivity index (χ2v) is 8.13. The van der Waals surface area contributed by atoms with Gasteiger partial charge in [-0.15, -0.1) is 11.8 Å². The molecule has 0 N–H and O–H groups in total. The summed E-state index contributed by atoms with van der Waals surface area (Å²) in [7, 11) is 0. The van der Waals surface area contributed by atoms with Crippen molar-refractivity contribution < 1.29 is 14.5 Å². The molecule has 7 nitrogen and oxygen atoms in total. The number of ether oxygens (including phenoxy) is 1. The SMILES string of the molecule is CSc1ccc([N+](=O)[O-])c(C(=O)N2CCN(Cc3ccc4c(c3)CCO4)CC2)c1. The summed E-state index contributed by atoms with van der Waals surface area (Å²) in [6.45, 7) is 4.20. The third-order valence-corrected chi connectivity index (χ3v) is 6.18. The lowest BCUT2D eigenvalue weighted by atomic mass is 10.1. The molecule has 2 aliphatic rings. The Labute approximate surface area is 173 Å². The summed E-state index contributed by atoms with van der Waals surface area (Å²) in [4.78, 5) is 28.7. The molecule has 29 heavy (non-hydrogen) atoms. The maximum atomic E-state index is 13.0. The summed E-state index contributed by atoms with van der Waals surface area (Å²) < 4.78 is 5.56. The van der Waals surface area contributed by atoms with Gasteiger partial charge in [0.2, 0.25) is 0 Å². The molecule has 2 heterocycles. The van der Waals surface area contributed by atoms with E-state index in [1.807, 2.05) is 12.3 Å². The summed E-state index contributed by atoms with van der Waals surface area (Å²) in [6, 6.07) is 11.1. The number of rotatable bonds is 5. The third-order valence-electron chi connectivity index (χ3n) is 5.45. The first-order valence-corrected chi connectivity index (χ1v) is 10.9. The first kappa shape index (κ1) is 19.7. The van der Waals surface area contributed by atoms with Crippen LogP contribution in [0.4, 0.5) is 5.69 Å². The van der Waals surface area contributed by atoms with E-state index in [1.54, 1.807) is 17.0 Å². The van der Waals surface area contributed by atoms with Crippen LogP contribution in [-0.4, -0.2) is 59.7 Å². The molecule has 0 saturated carbocycles. The fourth-order valence-corrected chi connectivity index (χ4v) is 4.29. The second kappa shape index (κ2) is 8.42. The number of hydrogen-bond acceptors (Lipinski definition) is 6. The first-order valence-electron chi connectivity index (χ1n) is 9.64. The van der Waals surface area contributed by atoms with Crippen LogP contribution in [0.5, 0.6) is 5.75 Å². The minimum Gasteiger partial charge on any atom is -0.493 e. The highest BCUT2D eigenvalue weighted by Gasteiger charge is 2.28. The maximum absolute atomic E-state index is 13.0. The number of benzene rings is 2. The second-order valence-electron chi connectivity index (χ2n) is 7.25. The summed E-state index contributed by atoms with van der Waals surface area (Å²) in [5.74, 6) is 0.722. The van der Waals surface area contributed by atoms with Gasteiger partial charge in [0.1, 0.15) is 11.3 Å². The molecule has 2 aromatic rings. The van der Waals surface area contributed by atoms with Crippen LogP contribution >= 0.6 is 11.8 Å². The predicted molar refractivity (Wildman–Crippen MR) is 112 cm³/mol. The largest absolute Gasteiger partial charge is 0.493 e. The average Bonchev–Trinajstić information content (AvgIpc) is 3.21. The van der Waals surface area contributed by atoms with Gasteiger partial charge in [0, 0.05) is 50.1 Å². The number of amides is 1. The fourth-order valence-electron chi connectivity index (χ4n) is 3.85. The van der Waals surface area contributed by atoms with Gasteiger partial charge in [-0.1, -0.05) is 12.1 Å². The van der Waals surface area contributed by atoms with E-state index in [1.165, 1.54) is 29.0 Å². The van der Waals surface area contributed by atoms with Crippen molar-refractivity contribution in [1.29, 1.82) is 0 Å². The van der Waals surface area contributed by atoms with Crippen molar-refractivity contribution in [2.24, 2.45) is 0 Å². The molecule has 2 aliphatic heterocycles. The van der Waals surface area contributed by atoms with Crippen LogP contribution in [0, 0.1) is 10.1 Å². The van der Waals surface area contributed by atoms with E-state index < -0.39 is 4.92 Å². The minimum atomic E-state index is -0.481. The van der Waals surface area contributed by atoms with Gasteiger partial charge in [0.15, 0.2) is 0 Å². The molecule has 0 aliphatic carbocycles. The number of carbonyl (C=O) groups excluding carboxylic acids is 1. The van der Waals surface area contributed by atoms with Crippen molar-refractivity contribution in [3.05, 3.63) is 63.2 Å². The van der Waals surface area contributed by atoms with Crippen molar-refractivity contribution in [3.8, 4) is 5.75 Å². The van der Waals surface area contributed by atoms with Gasteiger partial charge >= 0.3 is 0 Å². The highest BCUT2D eigenvalue weighted by molar-refractivity contribution is 7.98. The van der Waals surface area contributed by atoms with Gasteiger partial charge in [-0.3, -0.25) is 19.8 Å². The molecule has 8 heteroatoms. The highest BCUT2D eigenvalue weighted by atomic mass is 32.2. The first-order chi connectivity index (χ1) is 14.0. The molecule has 1 fully saturated rings. The summed E-state index contributed by atoms with van der Waals surface area (Å²) in [5.41, 5.74) is 2.55. The Hall–Kier alpha value is -2.58. The average molecular weight is 413 g/mol. The van der Waals surface area contributed by atoms with Crippen LogP contribution in [0.15, 0.2) is 41.3 Å². The van der Waals surface area contributed by atoms with E-state index in [0.29, 0.717) is 13.1 Å². The van der Waals surface area contributed by atoms with Crippen molar-refractivity contribution in [2.75, 3.05) is 39.0 Å². The van der Waals surface area contributed by atoms with Gasteiger partial charge in [-0.2, -0.15) is 0 Å². The van der Waals surface area contributed by atoms with Crippen molar-refractivity contribution >= 4 is 23.4 Å². The third kappa shape index (κ3) is 4.23. The van der Waals surface area contributed by atoms with Gasteiger partial charge in [-0.05, 0) is 35.6 Å². The van der Waals surface area contributed by atoms with E-state index in [2.05, 4.69) is 17.0 Å². The molecular weight excluding hydrogens is 390 g/mol. The zero-order chi connectivity index (χ0) is 20.4. The number of fused-ring (bicyclic) bond motifs is 1. The summed E-state index contributed by atoms with van der Waals surface area (Å²) in [6.07, 6.45) is 2.85. The molecule has 0 atom stereocenters. The zero-order valence-electron chi connectivity index (χ0n) is 16.3. The Balaban J connectivity index is 1.40. The Kier molecular flexibility index (Phi) is 5.73. The van der Waals surface area contributed by atoms with Gasteiger partial charge in [0.25, 0.3) is 11.6 Å². The van der Waals surface area contributed by atoms with Crippen LogP contribution in [0.25, 0.3) is 0 Å². The maximum Gasteiger partial charge on any atom is 0.282 e. The van der Waals surface area contributed by atoms with E-state index in [4.69, 9.17) is 4.74 Å². The van der Waals surface area contributed by atoms with Gasteiger partial charge in [0.05, 0.1) is 11.5 Å². The fraction of sp³-hybridized carbons (Fsp3) is 0.381. The molecule has 1 saturated heterocycles. The molecule has 0 radical (unpaired) electrons. The molecule has 0 aromatic heterocycles. The molecule has 0 spiro atoms. The lowest BCUT2D eigenvalue weighted by Crippen LogP contribution is -2.48. The number of nitro groups is 1. The predicted octanol–water partition coefficient (Wildman–Crippen LogP) is 3.21. The lowest BCUT2D eigenvalue weighted by molar-refractivity contribution is -0.385. The smallest absolute Gasteiger partial charge is 0.282 e. The highest BCUT2D eigenvalue weighted by Crippen LogP contribution is 2.28. The molecule has 1 amide bonds.